The van der Waals surface area contributed by atoms with Crippen molar-refractivity contribution in [3.8, 4) is 0 Å². The first-order valence-corrected chi connectivity index (χ1v) is 15.5. The number of pyridine rings is 1. The number of fused-ring (bicyclic) bond motifs is 1. The van der Waals surface area contributed by atoms with Gasteiger partial charge in [0.1, 0.15) is 17.3 Å². The molecule has 1 amide bonds. The minimum Gasteiger partial charge on any atom is -0.368 e. The van der Waals surface area contributed by atoms with Crippen molar-refractivity contribution in [2.45, 2.75) is 11.4 Å². The molecule has 4 aromatic rings. The molecule has 0 bridgehead atoms. The maximum Gasteiger partial charge on any atom is 0.258 e. The molecule has 1 aromatic heterocycles. The highest BCUT2D eigenvalue weighted by Crippen LogP contribution is 2.27. The Labute approximate surface area is 244 Å². The van der Waals surface area contributed by atoms with Crippen LogP contribution in [0.15, 0.2) is 94.7 Å². The molecular weight excluding hydrogens is 557 g/mol. The van der Waals surface area contributed by atoms with Crippen LogP contribution in [0.1, 0.15) is 0 Å². The zero-order valence-corrected chi connectivity index (χ0v) is 23.9. The summed E-state index contributed by atoms with van der Waals surface area (Å²) in [6.45, 7) is 3.07. The van der Waals surface area contributed by atoms with E-state index in [1.807, 2.05) is 35.2 Å². The maximum absolute atomic E-state index is 14.3. The number of halogens is 1. The number of amides is 1. The lowest BCUT2D eigenvalue weighted by atomic mass is 10.2. The Kier molecular flexibility index (Phi) is 7.70. The number of sulfonamides is 1. The summed E-state index contributed by atoms with van der Waals surface area (Å²) >= 11 is 0. The first-order chi connectivity index (χ1) is 20.3. The van der Waals surface area contributed by atoms with Crippen molar-refractivity contribution in [2.75, 3.05) is 62.2 Å². The van der Waals surface area contributed by atoms with Crippen LogP contribution in [0.5, 0.6) is 0 Å². The largest absolute Gasteiger partial charge is 0.368 e. The van der Waals surface area contributed by atoms with E-state index < -0.39 is 15.6 Å². The van der Waals surface area contributed by atoms with Crippen molar-refractivity contribution in [3.05, 3.63) is 101 Å². The van der Waals surface area contributed by atoms with E-state index in [0.717, 1.165) is 5.69 Å². The van der Waals surface area contributed by atoms with E-state index in [1.165, 1.54) is 21.1 Å². The fourth-order valence-electron chi connectivity index (χ4n) is 5.75. The topological polar surface area (TPSA) is 86.2 Å². The lowest BCUT2D eigenvalue weighted by Gasteiger charge is -2.36. The normalized spacial score (nSPS) is 16.6. The summed E-state index contributed by atoms with van der Waals surface area (Å²) in [4.78, 5) is 32.5. The highest BCUT2D eigenvalue weighted by Gasteiger charge is 2.32. The molecule has 0 spiro atoms. The molecule has 0 saturated carbocycles. The van der Waals surface area contributed by atoms with E-state index in [4.69, 9.17) is 0 Å². The fraction of sp³-hybridized carbons (Fsp3) is 0.290. The van der Waals surface area contributed by atoms with Crippen molar-refractivity contribution in [1.82, 2.24) is 13.8 Å². The predicted octanol–water partition coefficient (Wildman–Crippen LogP) is 3.00. The summed E-state index contributed by atoms with van der Waals surface area (Å²) in [7, 11) is -4.02. The van der Waals surface area contributed by atoms with Crippen LogP contribution in [0.2, 0.25) is 0 Å². The molecule has 0 unspecified atom stereocenters. The monoisotopic (exact) mass is 589 g/mol. The second-order valence-corrected chi connectivity index (χ2v) is 12.4. The number of benzene rings is 3. The lowest BCUT2D eigenvalue weighted by molar-refractivity contribution is -0.132. The van der Waals surface area contributed by atoms with Gasteiger partial charge in [-0.15, -0.1) is 0 Å². The third kappa shape index (κ3) is 5.37. The summed E-state index contributed by atoms with van der Waals surface area (Å²) in [6, 6.07) is 23.0. The number of anilines is 2. The number of rotatable bonds is 6. The third-order valence-electron chi connectivity index (χ3n) is 8.07. The second kappa shape index (κ2) is 11.6. The zero-order chi connectivity index (χ0) is 29.3. The summed E-state index contributed by atoms with van der Waals surface area (Å²) in [5.41, 5.74) is 1.13. The molecule has 0 radical (unpaired) electrons. The Morgan fingerprint density at radius 1 is 0.714 bits per heavy atom. The molecule has 2 aliphatic rings. The number of hydrogen-bond acceptors (Lipinski definition) is 6. The van der Waals surface area contributed by atoms with E-state index >= 15 is 0 Å². The zero-order valence-electron chi connectivity index (χ0n) is 23.1. The molecule has 3 aromatic carbocycles. The van der Waals surface area contributed by atoms with E-state index in [0.29, 0.717) is 50.3 Å². The summed E-state index contributed by atoms with van der Waals surface area (Å²) in [6.07, 6.45) is 1.31. The quantitative estimate of drug-likeness (QED) is 0.344. The van der Waals surface area contributed by atoms with Crippen LogP contribution in [0.25, 0.3) is 10.8 Å². The van der Waals surface area contributed by atoms with Crippen LogP contribution >= 0.6 is 0 Å². The standard InChI is InChI=1S/C31H32FN5O4S/c32-27-12-6-7-13-28(27)34-18-20-37(21-19-34)42(40,41)29-22-36(31(39)26-11-5-4-10-25(26)29)23-30(38)35-16-14-33(15-17-35)24-8-2-1-3-9-24/h1-13,22H,14-21,23H2. The molecule has 2 fully saturated rings. The number of carbonyl (C=O) groups excluding carboxylic acids is 1. The summed E-state index contributed by atoms with van der Waals surface area (Å²) in [5, 5.41) is 0.560. The van der Waals surface area contributed by atoms with E-state index in [9.17, 15) is 22.4 Å². The van der Waals surface area contributed by atoms with Gasteiger partial charge in [0, 0.05) is 75.0 Å². The van der Waals surface area contributed by atoms with Crippen LogP contribution in [0, 0.1) is 5.82 Å². The van der Waals surface area contributed by atoms with Crippen molar-refractivity contribution in [2.24, 2.45) is 0 Å². The lowest BCUT2D eigenvalue weighted by Crippen LogP contribution is -2.50. The Hall–Kier alpha value is -4.22. The minimum atomic E-state index is -4.02. The van der Waals surface area contributed by atoms with Gasteiger partial charge >= 0.3 is 0 Å². The number of hydrogen-bond donors (Lipinski definition) is 0. The van der Waals surface area contributed by atoms with Crippen molar-refractivity contribution in [3.63, 3.8) is 0 Å². The van der Waals surface area contributed by atoms with Gasteiger partial charge < -0.3 is 19.3 Å². The van der Waals surface area contributed by atoms with Gasteiger partial charge in [-0.05, 0) is 30.3 Å². The maximum atomic E-state index is 14.3. The Bertz CT molecular complexity index is 1760. The van der Waals surface area contributed by atoms with E-state index in [1.54, 1.807) is 47.4 Å². The molecule has 0 aliphatic carbocycles. The fourth-order valence-corrected chi connectivity index (χ4v) is 7.39. The highest BCUT2D eigenvalue weighted by atomic mass is 32.2. The molecule has 2 saturated heterocycles. The minimum absolute atomic E-state index is 0.0151. The summed E-state index contributed by atoms with van der Waals surface area (Å²) < 4.78 is 44.8. The molecule has 218 valence electrons. The average molecular weight is 590 g/mol. The van der Waals surface area contributed by atoms with E-state index in [2.05, 4.69) is 4.90 Å². The number of aromatic nitrogens is 1. The van der Waals surface area contributed by atoms with Crippen LogP contribution in [-0.2, 0) is 21.4 Å². The molecule has 9 nitrogen and oxygen atoms in total. The molecule has 2 aliphatic heterocycles. The smallest absolute Gasteiger partial charge is 0.258 e. The van der Waals surface area contributed by atoms with E-state index in [-0.39, 0.29) is 41.6 Å². The van der Waals surface area contributed by atoms with Crippen molar-refractivity contribution in [1.29, 1.82) is 0 Å². The Morgan fingerprint density at radius 2 is 1.31 bits per heavy atom. The van der Waals surface area contributed by atoms with Gasteiger partial charge in [0.2, 0.25) is 15.9 Å². The van der Waals surface area contributed by atoms with Crippen LogP contribution in [-0.4, -0.2) is 80.5 Å². The number of nitrogens with zero attached hydrogens (tertiary/aromatic N) is 5. The Balaban J connectivity index is 1.22. The SMILES string of the molecule is O=C(Cn1cc(S(=O)(=O)N2CCN(c3ccccc3F)CC2)c2ccccc2c1=O)N1CCN(c2ccccc2)CC1. The van der Waals surface area contributed by atoms with Gasteiger partial charge in [-0.2, -0.15) is 4.31 Å². The second-order valence-electron chi connectivity index (χ2n) is 10.5. The number of carbonyl (C=O) groups is 1. The van der Waals surface area contributed by atoms with Gasteiger partial charge in [-0.3, -0.25) is 9.59 Å². The predicted molar refractivity (Wildman–Crippen MR) is 161 cm³/mol. The molecule has 0 atom stereocenters. The molecule has 11 heteroatoms. The summed E-state index contributed by atoms with van der Waals surface area (Å²) in [5.74, 6) is -0.583. The highest BCUT2D eigenvalue weighted by molar-refractivity contribution is 7.89. The van der Waals surface area contributed by atoms with Crippen molar-refractivity contribution >= 4 is 38.1 Å². The average Bonchev–Trinajstić information content (AvgIpc) is 3.03. The Morgan fingerprint density at radius 3 is 2.00 bits per heavy atom. The third-order valence-corrected chi connectivity index (χ3v) is 9.99. The first-order valence-electron chi connectivity index (χ1n) is 14.0. The van der Waals surface area contributed by atoms with Crippen molar-refractivity contribution < 1.29 is 17.6 Å². The number of piperazine rings is 2. The van der Waals surface area contributed by atoms with Gasteiger partial charge in [-0.25, -0.2) is 12.8 Å². The first kappa shape index (κ1) is 27.9. The molecule has 3 heterocycles. The van der Waals surface area contributed by atoms with Gasteiger partial charge in [0.05, 0.1) is 5.69 Å². The van der Waals surface area contributed by atoms with Gasteiger partial charge in [0.15, 0.2) is 0 Å². The van der Waals surface area contributed by atoms with Crippen LogP contribution < -0.4 is 15.4 Å². The number of para-hydroxylation sites is 2. The van der Waals surface area contributed by atoms with Gasteiger partial charge in [0.25, 0.3) is 5.56 Å². The molecular formula is C31H32FN5O4S. The molecule has 6 rings (SSSR count). The molecule has 42 heavy (non-hydrogen) atoms. The van der Waals surface area contributed by atoms with Crippen LogP contribution in [0.3, 0.4) is 0 Å². The molecule has 0 N–H and O–H groups in total. The van der Waals surface area contributed by atoms with Crippen LogP contribution in [0.4, 0.5) is 15.8 Å². The van der Waals surface area contributed by atoms with Gasteiger partial charge in [-0.1, -0.05) is 48.5 Å².